The minimum atomic E-state index is -0.161. The molecule has 1 unspecified atom stereocenters. The first-order chi connectivity index (χ1) is 7.58. The number of thiophene rings is 1. The van der Waals surface area contributed by atoms with Crippen molar-refractivity contribution < 1.29 is 0 Å². The second-order valence-electron chi connectivity index (χ2n) is 3.19. The van der Waals surface area contributed by atoms with Crippen LogP contribution in [0.1, 0.15) is 15.8 Å². The molecule has 0 bridgehead atoms. The quantitative estimate of drug-likeness (QED) is 0.522. The maximum atomic E-state index is 6.40. The van der Waals surface area contributed by atoms with Crippen molar-refractivity contribution in [2.45, 2.75) is 5.38 Å². The van der Waals surface area contributed by atoms with E-state index < -0.39 is 0 Å². The molecule has 0 amide bonds. The van der Waals surface area contributed by atoms with E-state index in [1.54, 1.807) is 11.3 Å². The first kappa shape index (κ1) is 12.9. The number of halogens is 4. The lowest BCUT2D eigenvalue weighted by Gasteiger charge is -2.07. The summed E-state index contributed by atoms with van der Waals surface area (Å²) in [6, 6.07) is 9.64. The normalized spacial score (nSPS) is 12.8. The summed E-state index contributed by atoms with van der Waals surface area (Å²) in [7, 11) is 0. The van der Waals surface area contributed by atoms with E-state index in [0.717, 1.165) is 18.7 Å². The zero-order chi connectivity index (χ0) is 11.7. The van der Waals surface area contributed by atoms with E-state index in [9.17, 15) is 0 Å². The Hall–Kier alpha value is 0.460. The van der Waals surface area contributed by atoms with Crippen LogP contribution in [0.5, 0.6) is 0 Å². The predicted molar refractivity (Wildman–Crippen MR) is 78.9 cm³/mol. The lowest BCUT2D eigenvalue weighted by atomic mass is 10.1. The molecular formula is C11H6Br2Cl2S. The maximum absolute atomic E-state index is 6.40. The molecule has 0 radical (unpaired) electrons. The van der Waals surface area contributed by atoms with Gasteiger partial charge in [0, 0.05) is 14.4 Å². The Morgan fingerprint density at radius 1 is 1.19 bits per heavy atom. The van der Waals surface area contributed by atoms with Gasteiger partial charge in [-0.25, -0.2) is 0 Å². The molecule has 0 saturated carbocycles. The van der Waals surface area contributed by atoms with Crippen LogP contribution in [0.2, 0.25) is 5.02 Å². The van der Waals surface area contributed by atoms with Crippen LogP contribution in [0, 0.1) is 0 Å². The Balaban J connectivity index is 2.35. The van der Waals surface area contributed by atoms with Crippen LogP contribution in [-0.4, -0.2) is 0 Å². The summed E-state index contributed by atoms with van der Waals surface area (Å²) in [5.41, 5.74) is 1.01. The van der Waals surface area contributed by atoms with Gasteiger partial charge in [0.05, 0.1) is 9.16 Å². The van der Waals surface area contributed by atoms with Gasteiger partial charge in [-0.15, -0.1) is 22.9 Å². The zero-order valence-electron chi connectivity index (χ0n) is 7.88. The van der Waals surface area contributed by atoms with Gasteiger partial charge >= 0.3 is 0 Å². The first-order valence-corrected chi connectivity index (χ1v) is 7.64. The van der Waals surface area contributed by atoms with Crippen molar-refractivity contribution in [2.24, 2.45) is 0 Å². The van der Waals surface area contributed by atoms with E-state index in [2.05, 4.69) is 31.9 Å². The van der Waals surface area contributed by atoms with Crippen molar-refractivity contribution >= 4 is 66.4 Å². The standard InChI is InChI=1S/C11H6Br2Cl2S/c12-8-5-9(16-11(8)13)10(15)6-2-1-3-7(14)4-6/h1-5,10H. The molecule has 0 aliphatic rings. The SMILES string of the molecule is Clc1cccc(C(Cl)c2cc(Br)c(Br)s2)c1. The second-order valence-corrected chi connectivity index (χ2v) is 7.32. The molecule has 16 heavy (non-hydrogen) atoms. The average Bonchev–Trinajstić information content (AvgIpc) is 2.58. The third-order valence-electron chi connectivity index (χ3n) is 2.06. The highest BCUT2D eigenvalue weighted by atomic mass is 79.9. The molecule has 0 N–H and O–H groups in total. The second kappa shape index (κ2) is 5.40. The fraction of sp³-hybridized carbons (Fsp3) is 0.0909. The number of benzene rings is 1. The predicted octanol–water partition coefficient (Wildman–Crippen LogP) is 6.25. The van der Waals surface area contributed by atoms with Gasteiger partial charge in [0.1, 0.15) is 0 Å². The number of alkyl halides is 1. The lowest BCUT2D eigenvalue weighted by Crippen LogP contribution is -1.89. The summed E-state index contributed by atoms with van der Waals surface area (Å²) in [5, 5.41) is 0.545. The minimum Gasteiger partial charge on any atom is -0.130 e. The van der Waals surface area contributed by atoms with Gasteiger partial charge in [0.15, 0.2) is 0 Å². The molecule has 0 fully saturated rings. The number of rotatable bonds is 2. The molecule has 0 saturated heterocycles. The summed E-state index contributed by atoms with van der Waals surface area (Å²) < 4.78 is 2.08. The molecule has 0 aliphatic heterocycles. The molecule has 1 aromatic carbocycles. The highest BCUT2D eigenvalue weighted by Gasteiger charge is 2.15. The maximum Gasteiger partial charge on any atom is 0.0929 e. The van der Waals surface area contributed by atoms with Crippen LogP contribution in [-0.2, 0) is 0 Å². The topological polar surface area (TPSA) is 0 Å². The Bertz CT molecular complexity index is 491. The van der Waals surface area contributed by atoms with Crippen LogP contribution >= 0.6 is 66.4 Å². The molecule has 2 rings (SSSR count). The summed E-state index contributed by atoms with van der Waals surface area (Å²) in [5.74, 6) is 0. The van der Waals surface area contributed by atoms with Crippen LogP contribution in [0.25, 0.3) is 0 Å². The van der Waals surface area contributed by atoms with Crippen molar-refractivity contribution in [3.63, 3.8) is 0 Å². The smallest absolute Gasteiger partial charge is 0.0929 e. The Kier molecular flexibility index (Phi) is 4.36. The van der Waals surface area contributed by atoms with Crippen molar-refractivity contribution in [2.75, 3.05) is 0 Å². The van der Waals surface area contributed by atoms with Gasteiger partial charge < -0.3 is 0 Å². The lowest BCUT2D eigenvalue weighted by molar-refractivity contribution is 1.18. The molecule has 1 atom stereocenters. The van der Waals surface area contributed by atoms with Crippen molar-refractivity contribution in [3.8, 4) is 0 Å². The minimum absolute atomic E-state index is 0.161. The molecule has 0 nitrogen and oxygen atoms in total. The summed E-state index contributed by atoms with van der Waals surface area (Å²) in [6.07, 6.45) is 0. The molecule has 0 spiro atoms. The van der Waals surface area contributed by atoms with Crippen LogP contribution in [0.15, 0.2) is 38.6 Å². The molecule has 1 aromatic heterocycles. The molecule has 5 heteroatoms. The van der Waals surface area contributed by atoms with Crippen molar-refractivity contribution in [1.29, 1.82) is 0 Å². The van der Waals surface area contributed by atoms with E-state index in [4.69, 9.17) is 23.2 Å². The highest BCUT2D eigenvalue weighted by Crippen LogP contribution is 2.40. The van der Waals surface area contributed by atoms with Crippen LogP contribution in [0.4, 0.5) is 0 Å². The molecule has 84 valence electrons. The summed E-state index contributed by atoms with van der Waals surface area (Å²) >= 11 is 20.9. The summed E-state index contributed by atoms with van der Waals surface area (Å²) in [6.45, 7) is 0. The molecular weight excluding hydrogens is 395 g/mol. The Labute approximate surface area is 125 Å². The van der Waals surface area contributed by atoms with Gasteiger partial charge in [0.25, 0.3) is 0 Å². The largest absolute Gasteiger partial charge is 0.130 e. The Morgan fingerprint density at radius 2 is 1.94 bits per heavy atom. The molecule has 0 aliphatic carbocycles. The monoisotopic (exact) mass is 398 g/mol. The third kappa shape index (κ3) is 2.82. The van der Waals surface area contributed by atoms with E-state index in [0.29, 0.717) is 5.02 Å². The van der Waals surface area contributed by atoms with Gasteiger partial charge in [-0.2, -0.15) is 0 Å². The van der Waals surface area contributed by atoms with Gasteiger partial charge in [-0.05, 0) is 55.6 Å². The Morgan fingerprint density at radius 3 is 2.50 bits per heavy atom. The summed E-state index contributed by atoms with van der Waals surface area (Å²) in [4.78, 5) is 1.09. The van der Waals surface area contributed by atoms with E-state index in [-0.39, 0.29) is 5.38 Å². The first-order valence-electron chi connectivity index (χ1n) is 4.42. The highest BCUT2D eigenvalue weighted by molar-refractivity contribution is 9.13. The molecule has 1 heterocycles. The van der Waals surface area contributed by atoms with Crippen LogP contribution < -0.4 is 0 Å². The van der Waals surface area contributed by atoms with E-state index in [1.165, 1.54) is 0 Å². The molecule has 2 aromatic rings. The van der Waals surface area contributed by atoms with Crippen molar-refractivity contribution in [1.82, 2.24) is 0 Å². The zero-order valence-corrected chi connectivity index (χ0v) is 13.4. The van der Waals surface area contributed by atoms with Crippen molar-refractivity contribution in [3.05, 3.63) is 54.1 Å². The van der Waals surface area contributed by atoms with Gasteiger partial charge in [-0.3, -0.25) is 0 Å². The van der Waals surface area contributed by atoms with E-state index in [1.807, 2.05) is 30.3 Å². The average molecular weight is 401 g/mol. The van der Waals surface area contributed by atoms with Crippen LogP contribution in [0.3, 0.4) is 0 Å². The fourth-order valence-electron chi connectivity index (χ4n) is 1.32. The van der Waals surface area contributed by atoms with Gasteiger partial charge in [0.2, 0.25) is 0 Å². The fourth-order valence-corrected chi connectivity index (χ4v) is 3.94. The number of hydrogen-bond acceptors (Lipinski definition) is 1. The third-order valence-corrected chi connectivity index (χ3v) is 6.23. The number of hydrogen-bond donors (Lipinski definition) is 0. The van der Waals surface area contributed by atoms with Gasteiger partial charge in [-0.1, -0.05) is 23.7 Å². The van der Waals surface area contributed by atoms with E-state index >= 15 is 0 Å².